The number of anilines is 1. The van der Waals surface area contributed by atoms with Gasteiger partial charge >= 0.3 is 0 Å². The molecule has 36 heavy (non-hydrogen) atoms. The molecule has 2 aliphatic rings. The molecule has 9 heteroatoms. The van der Waals surface area contributed by atoms with Crippen LogP contribution in [-0.4, -0.2) is 55.9 Å². The van der Waals surface area contributed by atoms with Crippen molar-refractivity contribution in [1.29, 1.82) is 0 Å². The zero-order valence-corrected chi connectivity index (χ0v) is 19.9. The molecule has 3 aromatic heterocycles. The number of carbonyl (C=O) groups is 2. The van der Waals surface area contributed by atoms with Crippen LogP contribution in [0.25, 0.3) is 22.2 Å². The Kier molecular flexibility index (Phi) is 5.90. The van der Waals surface area contributed by atoms with Crippen LogP contribution in [0.1, 0.15) is 29.0 Å². The summed E-state index contributed by atoms with van der Waals surface area (Å²) in [5.41, 5.74) is 2.53. The topological polar surface area (TPSA) is 105 Å². The van der Waals surface area contributed by atoms with E-state index in [1.165, 1.54) is 0 Å². The number of imidazole rings is 1. The van der Waals surface area contributed by atoms with Gasteiger partial charge in [0, 0.05) is 55.4 Å². The van der Waals surface area contributed by atoms with Crippen molar-refractivity contribution >= 4 is 28.4 Å². The summed E-state index contributed by atoms with van der Waals surface area (Å²) in [4.78, 5) is 41.1. The lowest BCUT2D eigenvalue weighted by Crippen LogP contribution is -2.41. The zero-order chi connectivity index (χ0) is 24.5. The van der Waals surface area contributed by atoms with Gasteiger partial charge in [-0.15, -0.1) is 0 Å². The van der Waals surface area contributed by atoms with E-state index < -0.39 is 0 Å². The summed E-state index contributed by atoms with van der Waals surface area (Å²) in [5.74, 6) is 1.35. The number of likely N-dealkylation sites (tertiary alicyclic amines) is 1. The molecule has 0 bridgehead atoms. The van der Waals surface area contributed by atoms with Crippen LogP contribution in [-0.2, 0) is 17.9 Å². The normalized spacial score (nSPS) is 16.1. The van der Waals surface area contributed by atoms with Gasteiger partial charge in [0.15, 0.2) is 0 Å². The standard InChI is InChI=1S/C27H27N7O2/c35-26(18-6-9-33(10-7-18)27(36)19-4-2-1-3-5-19)32-24-13-20-12-22(29-14-21(20)15-30-24)23-16-31-25-17-28-8-11-34(23)25/h1-5,12-16,18,28H,6-11,17H2,(H,30,32,35). The first-order valence-electron chi connectivity index (χ1n) is 12.3. The number of nitrogens with zero attached hydrogens (tertiary/aromatic N) is 5. The third-order valence-electron chi connectivity index (χ3n) is 7.02. The van der Waals surface area contributed by atoms with Crippen LogP contribution < -0.4 is 10.6 Å². The Bertz CT molecular complexity index is 1420. The van der Waals surface area contributed by atoms with Crippen LogP contribution >= 0.6 is 0 Å². The summed E-state index contributed by atoms with van der Waals surface area (Å²) in [5, 5.41) is 8.18. The molecule has 0 unspecified atom stereocenters. The van der Waals surface area contributed by atoms with Gasteiger partial charge in [-0.1, -0.05) is 18.2 Å². The van der Waals surface area contributed by atoms with Gasteiger partial charge in [-0.2, -0.15) is 0 Å². The van der Waals surface area contributed by atoms with Crippen molar-refractivity contribution < 1.29 is 9.59 Å². The number of amides is 2. The number of nitrogens with one attached hydrogen (secondary N) is 2. The van der Waals surface area contributed by atoms with E-state index in [4.69, 9.17) is 0 Å². The summed E-state index contributed by atoms with van der Waals surface area (Å²) in [6, 6.07) is 13.2. The fraction of sp³-hybridized carbons (Fsp3) is 0.296. The first-order valence-corrected chi connectivity index (χ1v) is 12.3. The predicted molar refractivity (Wildman–Crippen MR) is 136 cm³/mol. The molecule has 0 saturated carbocycles. The van der Waals surface area contributed by atoms with E-state index >= 15 is 0 Å². The molecule has 0 aliphatic carbocycles. The number of pyridine rings is 2. The van der Waals surface area contributed by atoms with Crippen LogP contribution in [0.3, 0.4) is 0 Å². The van der Waals surface area contributed by atoms with E-state index in [2.05, 4.69) is 30.2 Å². The fourth-order valence-electron chi connectivity index (χ4n) is 4.98. The lowest BCUT2D eigenvalue weighted by Gasteiger charge is -2.31. The molecule has 0 radical (unpaired) electrons. The third kappa shape index (κ3) is 4.33. The number of rotatable bonds is 4. The Morgan fingerprint density at radius 1 is 0.917 bits per heavy atom. The minimum atomic E-state index is -0.151. The third-order valence-corrected chi connectivity index (χ3v) is 7.02. The molecule has 2 N–H and O–H groups in total. The van der Waals surface area contributed by atoms with Crippen molar-refractivity contribution in [2.45, 2.75) is 25.9 Å². The lowest BCUT2D eigenvalue weighted by atomic mass is 9.95. The van der Waals surface area contributed by atoms with Gasteiger partial charge in [-0.05, 0) is 42.5 Å². The number of fused-ring (bicyclic) bond motifs is 2. The van der Waals surface area contributed by atoms with Gasteiger partial charge in [-0.3, -0.25) is 14.6 Å². The number of piperidine rings is 1. The SMILES string of the molecule is O=C(Nc1cc2cc(-c3cnc4n3CCNC4)ncc2cn1)C1CCN(C(=O)c2ccccc2)CC1. The molecule has 4 aromatic rings. The predicted octanol–water partition coefficient (Wildman–Crippen LogP) is 3.09. The highest BCUT2D eigenvalue weighted by Gasteiger charge is 2.28. The first-order chi connectivity index (χ1) is 17.7. The monoisotopic (exact) mass is 481 g/mol. The summed E-state index contributed by atoms with van der Waals surface area (Å²) in [6.07, 6.45) is 6.68. The van der Waals surface area contributed by atoms with Crippen molar-refractivity contribution in [2.24, 2.45) is 5.92 Å². The molecule has 0 atom stereocenters. The molecule has 6 rings (SSSR count). The van der Waals surface area contributed by atoms with Gasteiger partial charge in [0.2, 0.25) is 5.91 Å². The van der Waals surface area contributed by atoms with Crippen LogP contribution in [0, 0.1) is 5.92 Å². The average Bonchev–Trinajstić information content (AvgIpc) is 3.37. The number of hydrogen-bond donors (Lipinski definition) is 2. The first kappa shape index (κ1) is 22.4. The Morgan fingerprint density at radius 3 is 2.56 bits per heavy atom. The highest BCUT2D eigenvalue weighted by molar-refractivity contribution is 5.96. The molecule has 182 valence electrons. The van der Waals surface area contributed by atoms with Crippen molar-refractivity contribution in [3.63, 3.8) is 0 Å². The van der Waals surface area contributed by atoms with Crippen LogP contribution in [0.2, 0.25) is 0 Å². The van der Waals surface area contributed by atoms with Crippen molar-refractivity contribution in [2.75, 3.05) is 25.0 Å². The Balaban J connectivity index is 1.13. The summed E-state index contributed by atoms with van der Waals surface area (Å²) in [7, 11) is 0. The second-order valence-electron chi connectivity index (χ2n) is 9.30. The molecular formula is C27H27N7O2. The van der Waals surface area contributed by atoms with E-state index in [0.29, 0.717) is 37.3 Å². The number of hydrogen-bond acceptors (Lipinski definition) is 6. The maximum Gasteiger partial charge on any atom is 0.253 e. The molecule has 1 fully saturated rings. The Labute approximate surface area is 208 Å². The van der Waals surface area contributed by atoms with Crippen LogP contribution in [0.4, 0.5) is 5.82 Å². The maximum absolute atomic E-state index is 13.0. The van der Waals surface area contributed by atoms with Gasteiger partial charge in [0.05, 0.1) is 24.1 Å². The second kappa shape index (κ2) is 9.50. The Morgan fingerprint density at radius 2 is 1.72 bits per heavy atom. The van der Waals surface area contributed by atoms with Gasteiger partial charge in [0.25, 0.3) is 5.91 Å². The summed E-state index contributed by atoms with van der Waals surface area (Å²) < 4.78 is 2.20. The van der Waals surface area contributed by atoms with Gasteiger partial charge in [-0.25, -0.2) is 9.97 Å². The number of aromatic nitrogens is 4. The molecule has 1 saturated heterocycles. The lowest BCUT2D eigenvalue weighted by molar-refractivity contribution is -0.121. The van der Waals surface area contributed by atoms with Crippen LogP contribution in [0.5, 0.6) is 0 Å². The van der Waals surface area contributed by atoms with Crippen molar-refractivity contribution in [1.82, 2.24) is 29.7 Å². The molecule has 2 amide bonds. The number of benzene rings is 1. The second-order valence-corrected chi connectivity index (χ2v) is 9.30. The molecule has 1 aromatic carbocycles. The van der Waals surface area contributed by atoms with Crippen molar-refractivity contribution in [3.05, 3.63) is 72.4 Å². The summed E-state index contributed by atoms with van der Waals surface area (Å²) >= 11 is 0. The van der Waals surface area contributed by atoms with Crippen LogP contribution in [0.15, 0.2) is 61.1 Å². The van der Waals surface area contributed by atoms with E-state index in [9.17, 15) is 9.59 Å². The minimum absolute atomic E-state index is 0.0192. The molecule has 5 heterocycles. The maximum atomic E-state index is 13.0. The largest absolute Gasteiger partial charge is 0.339 e. The van der Waals surface area contributed by atoms with E-state index in [1.807, 2.05) is 59.8 Å². The van der Waals surface area contributed by atoms with E-state index in [-0.39, 0.29) is 17.7 Å². The highest BCUT2D eigenvalue weighted by atomic mass is 16.2. The molecule has 9 nitrogen and oxygen atoms in total. The number of carbonyl (C=O) groups excluding carboxylic acids is 2. The Hall–Kier alpha value is -4.11. The highest BCUT2D eigenvalue weighted by Crippen LogP contribution is 2.26. The average molecular weight is 482 g/mol. The zero-order valence-electron chi connectivity index (χ0n) is 19.9. The molecule has 2 aliphatic heterocycles. The quantitative estimate of drug-likeness (QED) is 0.464. The smallest absolute Gasteiger partial charge is 0.253 e. The van der Waals surface area contributed by atoms with E-state index in [1.54, 1.807) is 6.20 Å². The van der Waals surface area contributed by atoms with Gasteiger partial charge in [0.1, 0.15) is 11.6 Å². The van der Waals surface area contributed by atoms with Crippen molar-refractivity contribution in [3.8, 4) is 11.4 Å². The fourth-order valence-corrected chi connectivity index (χ4v) is 4.98. The molecular weight excluding hydrogens is 454 g/mol. The van der Waals surface area contributed by atoms with Gasteiger partial charge < -0.3 is 20.1 Å². The van der Waals surface area contributed by atoms with E-state index in [0.717, 1.165) is 47.6 Å². The summed E-state index contributed by atoms with van der Waals surface area (Å²) in [6.45, 7) is 3.66. The minimum Gasteiger partial charge on any atom is -0.339 e. The molecule has 0 spiro atoms.